The maximum absolute atomic E-state index is 8.48. The summed E-state index contributed by atoms with van der Waals surface area (Å²) in [5.41, 5.74) is 0. The second-order valence-corrected chi connectivity index (χ2v) is 5.21. The molecule has 21 heavy (non-hydrogen) atoms. The molecule has 0 amide bonds. The maximum atomic E-state index is 8.48. The molecule has 0 radical (unpaired) electrons. The van der Waals surface area contributed by atoms with E-state index < -0.39 is 8.60 Å². The van der Waals surface area contributed by atoms with Gasteiger partial charge in [-0.05, 0) is 0 Å². The summed E-state index contributed by atoms with van der Waals surface area (Å²) in [5.74, 6) is 0. The van der Waals surface area contributed by atoms with Gasteiger partial charge in [-0.2, -0.15) is 12.8 Å². The minimum Gasteiger partial charge on any atom is -0.854 e. The van der Waals surface area contributed by atoms with Crippen LogP contribution in [0.1, 0.15) is 90.9 Å². The second-order valence-electron chi connectivity index (χ2n) is 4.76. The number of unbranched alkanes of at least 4 members (excludes halogenated alkanes) is 10. The maximum Gasteiger partial charge on any atom is 2.00 e. The van der Waals surface area contributed by atoms with Crippen molar-refractivity contribution in [2.45, 2.75) is 90.9 Å². The molecule has 0 aromatic carbocycles. The van der Waals surface area contributed by atoms with Crippen LogP contribution in [0, 0.1) is 13.8 Å². The molecule has 0 bridgehead atoms. The Hall–Kier alpha value is 1.08. The molecule has 0 unspecified atom stereocenters. The minimum absolute atomic E-state index is 0. The summed E-state index contributed by atoms with van der Waals surface area (Å²) in [7, 11) is -3.37. The summed E-state index contributed by atoms with van der Waals surface area (Å²) >= 11 is 0. The summed E-state index contributed by atoms with van der Waals surface area (Å²) in [5, 5.41) is 0. The van der Waals surface area contributed by atoms with Gasteiger partial charge in [0.1, 0.15) is 0 Å². The molecule has 0 aromatic rings. The molecule has 0 aliphatic carbocycles. The summed E-state index contributed by atoms with van der Waals surface area (Å²) in [4.78, 5) is 25.4. The van der Waals surface area contributed by atoms with E-state index in [1.54, 1.807) is 0 Å². The molecule has 0 aliphatic heterocycles. The largest absolute Gasteiger partial charge is 2.00 e. The van der Waals surface area contributed by atoms with E-state index in [9.17, 15) is 0 Å². The standard InChI is InChI=1S/2C8H17.Mg.O3P/c2*1-3-5-7-8-6-4-2;;1-4(2)3/h2*1,3-8H2,2H3;;/q2*-1;+2;-3. The van der Waals surface area contributed by atoms with Crippen LogP contribution in [0.15, 0.2) is 0 Å². The fourth-order valence-electron chi connectivity index (χ4n) is 1.56. The van der Waals surface area contributed by atoms with Crippen molar-refractivity contribution >= 4 is 31.7 Å². The molecule has 5 heteroatoms. The van der Waals surface area contributed by atoms with Crippen LogP contribution in [0.25, 0.3) is 0 Å². The van der Waals surface area contributed by atoms with Gasteiger partial charge >= 0.3 is 23.1 Å². The first kappa shape index (κ1) is 30.0. The van der Waals surface area contributed by atoms with Crippen molar-refractivity contribution in [3.05, 3.63) is 13.8 Å². The minimum atomic E-state index is -3.37. The fourth-order valence-corrected chi connectivity index (χ4v) is 1.56. The van der Waals surface area contributed by atoms with Crippen LogP contribution >= 0.6 is 8.60 Å². The van der Waals surface area contributed by atoms with E-state index in [4.69, 9.17) is 14.7 Å². The van der Waals surface area contributed by atoms with Crippen LogP contribution in [0.2, 0.25) is 0 Å². The van der Waals surface area contributed by atoms with Gasteiger partial charge in [-0.15, -0.1) is 0 Å². The van der Waals surface area contributed by atoms with E-state index in [0.29, 0.717) is 0 Å². The SMILES string of the molecule is [CH2-]CCCCCCC.[CH2-]CCCCCCC.[Mg+2].[O-]P([O-])[O-]. The zero-order chi connectivity index (χ0) is 16.1. The first-order valence-corrected chi connectivity index (χ1v) is 9.06. The smallest absolute Gasteiger partial charge is 0.854 e. The van der Waals surface area contributed by atoms with Gasteiger partial charge in [0.2, 0.25) is 0 Å². The predicted molar refractivity (Wildman–Crippen MR) is 90.1 cm³/mol. The van der Waals surface area contributed by atoms with Crippen molar-refractivity contribution in [3.8, 4) is 0 Å². The van der Waals surface area contributed by atoms with Crippen molar-refractivity contribution in [1.82, 2.24) is 0 Å². The predicted octanol–water partition coefficient (Wildman–Crippen LogP) is 3.28. The van der Waals surface area contributed by atoms with Crippen molar-refractivity contribution < 1.29 is 14.7 Å². The number of hydrogen-bond acceptors (Lipinski definition) is 3. The van der Waals surface area contributed by atoms with Crippen LogP contribution in [0.4, 0.5) is 0 Å². The molecule has 126 valence electrons. The Balaban J connectivity index is -0.000000107. The zero-order valence-electron chi connectivity index (χ0n) is 14.3. The second kappa shape index (κ2) is 32.9. The average molecular weight is 330 g/mol. The molecule has 0 saturated carbocycles. The summed E-state index contributed by atoms with van der Waals surface area (Å²) < 4.78 is 0. The van der Waals surface area contributed by atoms with E-state index in [2.05, 4.69) is 27.7 Å². The average Bonchev–Trinajstić information content (AvgIpc) is 2.40. The fraction of sp³-hybridized carbons (Fsp3) is 0.875. The van der Waals surface area contributed by atoms with Gasteiger partial charge in [0, 0.05) is 0 Å². The van der Waals surface area contributed by atoms with Crippen LogP contribution in [-0.2, 0) is 0 Å². The third-order valence-corrected chi connectivity index (χ3v) is 2.71. The molecule has 0 rings (SSSR count). The van der Waals surface area contributed by atoms with Gasteiger partial charge in [-0.3, -0.25) is 0 Å². The van der Waals surface area contributed by atoms with Gasteiger partial charge in [-0.1, -0.05) is 78.1 Å². The van der Waals surface area contributed by atoms with Crippen LogP contribution in [-0.4, -0.2) is 23.1 Å². The normalized spacial score (nSPS) is 9.14. The van der Waals surface area contributed by atoms with Gasteiger partial charge < -0.3 is 37.1 Å². The Bertz CT molecular complexity index is 112. The number of hydrogen-bond donors (Lipinski definition) is 0. The Labute approximate surface area is 151 Å². The van der Waals surface area contributed by atoms with Crippen molar-refractivity contribution in [1.29, 1.82) is 0 Å². The van der Waals surface area contributed by atoms with E-state index >= 15 is 0 Å². The van der Waals surface area contributed by atoms with E-state index in [1.165, 1.54) is 64.2 Å². The molecule has 0 aromatic heterocycles. The van der Waals surface area contributed by atoms with Gasteiger partial charge in [0.15, 0.2) is 0 Å². The Kier molecular flexibility index (Phi) is 47.0. The van der Waals surface area contributed by atoms with E-state index in [0.717, 1.165) is 12.8 Å². The molecule has 0 atom stereocenters. The molecule has 0 spiro atoms. The van der Waals surface area contributed by atoms with Crippen molar-refractivity contribution in [2.75, 3.05) is 0 Å². The zero-order valence-corrected chi connectivity index (χ0v) is 16.6. The van der Waals surface area contributed by atoms with Gasteiger partial charge in [-0.25, -0.2) is 0 Å². The Morgan fingerprint density at radius 2 is 0.857 bits per heavy atom. The Morgan fingerprint density at radius 1 is 0.619 bits per heavy atom. The van der Waals surface area contributed by atoms with E-state index in [1.807, 2.05) is 0 Å². The summed E-state index contributed by atoms with van der Waals surface area (Å²) in [6.45, 7) is 12.0. The first-order chi connectivity index (χ1) is 9.56. The Morgan fingerprint density at radius 3 is 1.05 bits per heavy atom. The molecule has 3 nitrogen and oxygen atoms in total. The van der Waals surface area contributed by atoms with Crippen LogP contribution < -0.4 is 14.7 Å². The van der Waals surface area contributed by atoms with Crippen LogP contribution in [0.5, 0.6) is 0 Å². The van der Waals surface area contributed by atoms with Gasteiger partial charge in [0.25, 0.3) is 0 Å². The molecule has 0 fully saturated rings. The van der Waals surface area contributed by atoms with Gasteiger partial charge in [0.05, 0.1) is 0 Å². The third kappa shape index (κ3) is 62.5. The monoisotopic (exact) mass is 329 g/mol. The van der Waals surface area contributed by atoms with Crippen molar-refractivity contribution in [3.63, 3.8) is 0 Å². The van der Waals surface area contributed by atoms with Crippen LogP contribution in [0.3, 0.4) is 0 Å². The molecular weight excluding hydrogens is 295 g/mol. The van der Waals surface area contributed by atoms with E-state index in [-0.39, 0.29) is 23.1 Å². The topological polar surface area (TPSA) is 69.2 Å². The summed E-state index contributed by atoms with van der Waals surface area (Å²) in [6.07, 6.45) is 16.0. The van der Waals surface area contributed by atoms with Crippen molar-refractivity contribution in [2.24, 2.45) is 0 Å². The molecule has 0 N–H and O–H groups in total. The summed E-state index contributed by atoms with van der Waals surface area (Å²) in [6, 6.07) is 0. The third-order valence-electron chi connectivity index (χ3n) is 2.71. The molecular formula is C16H34MgO3P-3. The quantitative estimate of drug-likeness (QED) is 0.267. The first-order valence-electron chi connectivity index (χ1n) is 7.96. The molecule has 0 aliphatic rings. The number of rotatable bonds is 10. The molecule has 0 saturated heterocycles. The molecule has 0 heterocycles.